The van der Waals surface area contributed by atoms with Gasteiger partial charge in [-0.1, -0.05) is 70.7 Å². The van der Waals surface area contributed by atoms with E-state index in [9.17, 15) is 0 Å². The molecule has 14 heavy (non-hydrogen) atoms. The summed E-state index contributed by atoms with van der Waals surface area (Å²) in [7, 11) is 0. The Labute approximate surface area is 90.7 Å². The van der Waals surface area contributed by atoms with Crippen LogP contribution in [0.15, 0.2) is 48.6 Å². The van der Waals surface area contributed by atoms with Gasteiger partial charge in [0.1, 0.15) is 0 Å². The first-order valence-electron chi connectivity index (χ1n) is 5.24. The van der Waals surface area contributed by atoms with E-state index in [1.807, 2.05) is 47.6 Å². The molecular formula is C14H26. The third kappa shape index (κ3) is 11.0. The predicted molar refractivity (Wildman–Crippen MR) is 70.6 cm³/mol. The van der Waals surface area contributed by atoms with Crippen molar-refractivity contribution in [3.05, 3.63) is 48.6 Å². The van der Waals surface area contributed by atoms with Crippen LogP contribution in [0.5, 0.6) is 0 Å². The molecular weight excluding hydrogens is 168 g/mol. The van der Waals surface area contributed by atoms with Crippen LogP contribution >= 0.6 is 0 Å². The molecule has 0 atom stereocenters. The molecule has 0 amide bonds. The van der Waals surface area contributed by atoms with Gasteiger partial charge in [0.05, 0.1) is 0 Å². The molecule has 0 aromatic rings. The summed E-state index contributed by atoms with van der Waals surface area (Å²) in [4.78, 5) is 0. The van der Waals surface area contributed by atoms with Crippen molar-refractivity contribution < 1.29 is 0 Å². The fraction of sp³-hybridized carbons (Fsp3) is 0.429. The summed E-state index contributed by atoms with van der Waals surface area (Å²) in [5.41, 5.74) is 3.16. The minimum absolute atomic E-state index is 1.03. The van der Waals surface area contributed by atoms with Gasteiger partial charge in [-0.2, -0.15) is 0 Å². The van der Waals surface area contributed by atoms with Gasteiger partial charge in [0.25, 0.3) is 0 Å². The first-order chi connectivity index (χ1) is 6.59. The normalized spacial score (nSPS) is 6.71. The second-order valence-corrected chi connectivity index (χ2v) is 2.38. The monoisotopic (exact) mass is 194 g/mol. The number of hydrogen-bond donors (Lipinski definition) is 0. The highest BCUT2D eigenvalue weighted by Gasteiger charge is 1.95. The van der Waals surface area contributed by atoms with Crippen molar-refractivity contribution in [1.82, 2.24) is 0 Å². The smallest absolute Gasteiger partial charge is 0.0210 e. The van der Waals surface area contributed by atoms with Crippen LogP contribution in [0.4, 0.5) is 0 Å². The Morgan fingerprint density at radius 3 is 1.21 bits per heavy atom. The van der Waals surface area contributed by atoms with Gasteiger partial charge in [-0.3, -0.25) is 0 Å². The van der Waals surface area contributed by atoms with Gasteiger partial charge in [-0.05, 0) is 19.4 Å². The number of rotatable bonds is 3. The van der Waals surface area contributed by atoms with Gasteiger partial charge in [0.15, 0.2) is 0 Å². The van der Waals surface area contributed by atoms with Crippen LogP contribution in [-0.4, -0.2) is 0 Å². The zero-order valence-electron chi connectivity index (χ0n) is 10.8. The fourth-order valence-electron chi connectivity index (χ4n) is 0.767. The van der Waals surface area contributed by atoms with Gasteiger partial charge in [0, 0.05) is 0 Å². The van der Waals surface area contributed by atoms with Crippen LogP contribution in [0, 0.1) is 0 Å². The lowest BCUT2D eigenvalue weighted by Crippen LogP contribution is -1.83. The van der Waals surface area contributed by atoms with Crippen molar-refractivity contribution >= 4 is 0 Å². The molecule has 0 aliphatic carbocycles. The van der Waals surface area contributed by atoms with E-state index in [-0.39, 0.29) is 0 Å². The van der Waals surface area contributed by atoms with E-state index in [4.69, 9.17) is 0 Å². The third-order valence-corrected chi connectivity index (χ3v) is 1.20. The summed E-state index contributed by atoms with van der Waals surface area (Å²) in [6.07, 6.45) is 3.67. The summed E-state index contributed by atoms with van der Waals surface area (Å²) in [5, 5.41) is 0. The lowest BCUT2D eigenvalue weighted by Gasteiger charge is -2.03. The molecule has 0 bridgehead atoms. The molecule has 0 saturated carbocycles. The molecule has 0 radical (unpaired) electrons. The molecule has 0 aromatic heterocycles. The largest absolute Gasteiger partial charge is 0.0990 e. The first-order valence-corrected chi connectivity index (χ1v) is 5.24. The van der Waals surface area contributed by atoms with E-state index in [1.165, 1.54) is 0 Å². The van der Waals surface area contributed by atoms with E-state index in [0.29, 0.717) is 0 Å². The summed E-state index contributed by atoms with van der Waals surface area (Å²) >= 11 is 0. The molecule has 82 valence electrons. The van der Waals surface area contributed by atoms with Crippen LogP contribution in [0.3, 0.4) is 0 Å². The van der Waals surface area contributed by atoms with Crippen molar-refractivity contribution in [1.29, 1.82) is 0 Å². The highest BCUT2D eigenvalue weighted by Crippen LogP contribution is 2.14. The molecule has 0 aromatic carbocycles. The Kier molecular flexibility index (Phi) is 19.3. The average Bonchev–Trinajstić information content (AvgIpc) is 2.19. The minimum Gasteiger partial charge on any atom is -0.0990 e. The highest BCUT2D eigenvalue weighted by molar-refractivity contribution is 5.43. The molecule has 0 nitrogen and oxygen atoms in total. The van der Waals surface area contributed by atoms with E-state index < -0.39 is 0 Å². The molecule has 0 aliphatic heterocycles. The van der Waals surface area contributed by atoms with Crippen molar-refractivity contribution in [3.63, 3.8) is 0 Å². The maximum absolute atomic E-state index is 3.82. The molecule has 0 saturated heterocycles. The molecule has 0 N–H and O–H groups in total. The van der Waals surface area contributed by atoms with Gasteiger partial charge in [-0.15, -0.1) is 0 Å². The van der Waals surface area contributed by atoms with Gasteiger partial charge < -0.3 is 0 Å². The second kappa shape index (κ2) is 14.5. The molecule has 0 aliphatic rings. The Balaban J connectivity index is -0.000000266. The predicted octanol–water partition coefficient (Wildman–Crippen LogP) is 5.30. The Bertz CT molecular complexity index is 176. The fourth-order valence-corrected chi connectivity index (χ4v) is 0.767. The first kappa shape index (κ1) is 18.7. The van der Waals surface area contributed by atoms with Crippen LogP contribution in [0.1, 0.15) is 41.5 Å². The molecule has 0 unspecified atom stereocenters. The minimum atomic E-state index is 1.03. The maximum Gasteiger partial charge on any atom is -0.0210 e. The highest BCUT2D eigenvalue weighted by atomic mass is 14.0. The van der Waals surface area contributed by atoms with Crippen LogP contribution < -0.4 is 0 Å². The van der Waals surface area contributed by atoms with Crippen LogP contribution in [-0.2, 0) is 0 Å². The van der Waals surface area contributed by atoms with Crippen molar-refractivity contribution in [2.45, 2.75) is 41.5 Å². The van der Waals surface area contributed by atoms with Crippen molar-refractivity contribution in [3.8, 4) is 0 Å². The summed E-state index contributed by atoms with van der Waals surface area (Å²) in [6.45, 7) is 23.2. The van der Waals surface area contributed by atoms with Crippen molar-refractivity contribution in [2.24, 2.45) is 0 Å². The SMILES string of the molecule is C=CC=C(C(=C)C)C(=C)C.CC.CC. The number of allylic oxidation sites excluding steroid dienone is 5. The molecule has 0 heterocycles. The van der Waals surface area contributed by atoms with Gasteiger partial charge >= 0.3 is 0 Å². The Hall–Kier alpha value is -1.04. The zero-order chi connectivity index (χ0) is 12.1. The summed E-state index contributed by atoms with van der Waals surface area (Å²) < 4.78 is 0. The standard InChI is InChI=1S/C10H14.2C2H6/c1-6-7-10(8(2)3)9(4)5;2*1-2/h6-7H,1-2,4H2,3,5H3;2*1-2H3. The maximum atomic E-state index is 3.82. The van der Waals surface area contributed by atoms with E-state index >= 15 is 0 Å². The number of hydrogen-bond acceptors (Lipinski definition) is 0. The lowest BCUT2D eigenvalue weighted by molar-refractivity contribution is 1.35. The second-order valence-electron chi connectivity index (χ2n) is 2.38. The molecule has 0 spiro atoms. The summed E-state index contributed by atoms with van der Waals surface area (Å²) in [5.74, 6) is 0. The quantitative estimate of drug-likeness (QED) is 0.534. The Morgan fingerprint density at radius 2 is 1.14 bits per heavy atom. The van der Waals surface area contributed by atoms with Crippen LogP contribution in [0.2, 0.25) is 0 Å². The van der Waals surface area contributed by atoms with E-state index in [1.54, 1.807) is 6.08 Å². The van der Waals surface area contributed by atoms with Gasteiger partial charge in [0.2, 0.25) is 0 Å². The third-order valence-electron chi connectivity index (χ3n) is 1.20. The zero-order valence-corrected chi connectivity index (χ0v) is 10.8. The topological polar surface area (TPSA) is 0 Å². The molecule has 0 heteroatoms. The van der Waals surface area contributed by atoms with E-state index in [0.717, 1.165) is 16.7 Å². The molecule has 0 fully saturated rings. The van der Waals surface area contributed by atoms with Crippen LogP contribution in [0.25, 0.3) is 0 Å². The average molecular weight is 194 g/mol. The van der Waals surface area contributed by atoms with Crippen molar-refractivity contribution in [2.75, 3.05) is 0 Å². The Morgan fingerprint density at radius 1 is 0.857 bits per heavy atom. The summed E-state index contributed by atoms with van der Waals surface area (Å²) in [6, 6.07) is 0. The van der Waals surface area contributed by atoms with E-state index in [2.05, 4.69) is 19.7 Å². The molecule has 0 rings (SSSR count). The van der Waals surface area contributed by atoms with Gasteiger partial charge in [-0.25, -0.2) is 0 Å². The lowest BCUT2D eigenvalue weighted by atomic mass is 10.0.